The lowest BCUT2D eigenvalue weighted by Crippen LogP contribution is -2.16. The van der Waals surface area contributed by atoms with Gasteiger partial charge < -0.3 is 15.2 Å². The van der Waals surface area contributed by atoms with Crippen molar-refractivity contribution in [2.75, 3.05) is 12.8 Å². The minimum atomic E-state index is -2.82. The third-order valence-corrected chi connectivity index (χ3v) is 2.47. The van der Waals surface area contributed by atoms with Crippen LogP contribution in [0.1, 0.15) is 35.8 Å². The van der Waals surface area contributed by atoms with Crippen LogP contribution in [0.5, 0.6) is 5.88 Å². The Balaban J connectivity index is 3.23. The van der Waals surface area contributed by atoms with E-state index in [2.05, 4.69) is 16.3 Å². The molecular formula is C13H16F2N2O3. The van der Waals surface area contributed by atoms with Crippen molar-refractivity contribution in [1.29, 1.82) is 0 Å². The van der Waals surface area contributed by atoms with Crippen molar-refractivity contribution in [1.82, 2.24) is 4.98 Å². The fourth-order valence-corrected chi connectivity index (χ4v) is 1.51. The maximum atomic E-state index is 12.9. The zero-order chi connectivity index (χ0) is 15.3. The van der Waals surface area contributed by atoms with Gasteiger partial charge in [-0.3, -0.25) is 0 Å². The molecular weight excluding hydrogens is 270 g/mol. The first kappa shape index (κ1) is 15.9. The minimum absolute atomic E-state index is 0.184. The molecule has 0 aromatic carbocycles. The van der Waals surface area contributed by atoms with Crippen LogP contribution in [0.3, 0.4) is 0 Å². The van der Waals surface area contributed by atoms with Gasteiger partial charge in [-0.05, 0) is 13.0 Å². The number of methoxy groups -OCH3 is 1. The zero-order valence-electron chi connectivity index (χ0n) is 11.2. The molecule has 5 nitrogen and oxygen atoms in total. The summed E-state index contributed by atoms with van der Waals surface area (Å²) >= 11 is 0. The highest BCUT2D eigenvalue weighted by Gasteiger charge is 2.23. The Morgan fingerprint density at radius 2 is 2.25 bits per heavy atom. The second-order valence-corrected chi connectivity index (χ2v) is 4.07. The molecule has 0 aliphatic carbocycles. The Morgan fingerprint density at radius 1 is 1.60 bits per heavy atom. The number of anilines is 1. The molecule has 0 amide bonds. The lowest BCUT2D eigenvalue weighted by Gasteiger charge is -2.16. The van der Waals surface area contributed by atoms with Gasteiger partial charge in [0, 0.05) is 6.42 Å². The monoisotopic (exact) mass is 286 g/mol. The van der Waals surface area contributed by atoms with Crippen LogP contribution in [0, 0.1) is 0 Å². The molecule has 0 unspecified atom stereocenters. The van der Waals surface area contributed by atoms with E-state index in [-0.39, 0.29) is 17.3 Å². The molecule has 0 saturated carbocycles. The molecule has 0 aliphatic rings. The average molecular weight is 286 g/mol. The Morgan fingerprint density at radius 3 is 2.75 bits per heavy atom. The standard InChI is InChI=1S/C13H16F2N2O3/c1-4-5-7(2)20-12-8(11(14)15)6-9(16)10(17-12)13(18)19-3/h4,6-7,11H,1,5,16H2,2-3H3/t7-/m1/s1. The number of nitrogen functional groups attached to an aromatic ring is 1. The van der Waals surface area contributed by atoms with Gasteiger partial charge in [-0.1, -0.05) is 6.08 Å². The van der Waals surface area contributed by atoms with E-state index in [4.69, 9.17) is 10.5 Å². The van der Waals surface area contributed by atoms with E-state index >= 15 is 0 Å². The van der Waals surface area contributed by atoms with E-state index in [1.165, 1.54) is 0 Å². The molecule has 7 heteroatoms. The van der Waals surface area contributed by atoms with Gasteiger partial charge in [0.05, 0.1) is 18.4 Å². The van der Waals surface area contributed by atoms with Gasteiger partial charge in [-0.25, -0.2) is 18.6 Å². The number of hydrogen-bond acceptors (Lipinski definition) is 5. The minimum Gasteiger partial charge on any atom is -0.474 e. The summed E-state index contributed by atoms with van der Waals surface area (Å²) in [6, 6.07) is 0.972. The van der Waals surface area contributed by atoms with Crippen molar-refractivity contribution >= 4 is 11.7 Å². The predicted molar refractivity (Wildman–Crippen MR) is 69.8 cm³/mol. The molecule has 1 aromatic rings. The number of alkyl halides is 2. The quantitative estimate of drug-likeness (QED) is 0.643. The van der Waals surface area contributed by atoms with Crippen molar-refractivity contribution < 1.29 is 23.0 Å². The van der Waals surface area contributed by atoms with E-state index in [9.17, 15) is 13.6 Å². The van der Waals surface area contributed by atoms with Crippen LogP contribution in [-0.2, 0) is 4.74 Å². The largest absolute Gasteiger partial charge is 0.474 e. The summed E-state index contributed by atoms with van der Waals surface area (Å²) in [5, 5.41) is 0. The summed E-state index contributed by atoms with van der Waals surface area (Å²) in [4.78, 5) is 15.2. The summed E-state index contributed by atoms with van der Waals surface area (Å²) in [5.74, 6) is -1.14. The van der Waals surface area contributed by atoms with Gasteiger partial charge in [0.1, 0.15) is 6.10 Å². The summed E-state index contributed by atoms with van der Waals surface area (Å²) in [6.45, 7) is 5.20. The highest BCUT2D eigenvalue weighted by atomic mass is 19.3. The van der Waals surface area contributed by atoms with E-state index in [1.807, 2.05) is 0 Å². The molecule has 0 saturated heterocycles. The summed E-state index contributed by atoms with van der Waals surface area (Å²) in [6.07, 6.45) is -1.19. The first-order valence-corrected chi connectivity index (χ1v) is 5.85. The van der Waals surface area contributed by atoms with Crippen LogP contribution >= 0.6 is 0 Å². The maximum absolute atomic E-state index is 12.9. The van der Waals surface area contributed by atoms with E-state index in [0.29, 0.717) is 6.42 Å². The zero-order valence-corrected chi connectivity index (χ0v) is 11.2. The highest BCUT2D eigenvalue weighted by Crippen LogP contribution is 2.31. The lowest BCUT2D eigenvalue weighted by molar-refractivity contribution is 0.0592. The summed E-state index contributed by atoms with van der Waals surface area (Å²) < 4.78 is 35.7. The SMILES string of the molecule is C=CC[C@@H](C)Oc1nc(C(=O)OC)c(N)cc1C(F)F. The fraction of sp³-hybridized carbons (Fsp3) is 0.385. The van der Waals surface area contributed by atoms with Crippen LogP contribution in [0.25, 0.3) is 0 Å². The number of nitrogens with zero attached hydrogens (tertiary/aromatic N) is 1. The topological polar surface area (TPSA) is 74.4 Å². The maximum Gasteiger partial charge on any atom is 0.358 e. The van der Waals surface area contributed by atoms with Crippen LogP contribution in [0.4, 0.5) is 14.5 Å². The van der Waals surface area contributed by atoms with Gasteiger partial charge in [0.2, 0.25) is 5.88 Å². The van der Waals surface area contributed by atoms with Crippen LogP contribution in [0.2, 0.25) is 0 Å². The van der Waals surface area contributed by atoms with Crippen molar-refractivity contribution in [2.24, 2.45) is 0 Å². The van der Waals surface area contributed by atoms with Crippen molar-refractivity contribution in [3.63, 3.8) is 0 Å². The number of halogens is 2. The molecule has 1 heterocycles. The van der Waals surface area contributed by atoms with Crippen molar-refractivity contribution in [3.8, 4) is 5.88 Å². The third-order valence-electron chi connectivity index (χ3n) is 2.47. The van der Waals surface area contributed by atoms with Gasteiger partial charge in [-0.2, -0.15) is 0 Å². The van der Waals surface area contributed by atoms with E-state index < -0.39 is 24.1 Å². The number of hydrogen-bond donors (Lipinski definition) is 1. The van der Waals surface area contributed by atoms with Gasteiger partial charge in [0.15, 0.2) is 5.69 Å². The Hall–Kier alpha value is -2.18. The van der Waals surface area contributed by atoms with E-state index in [0.717, 1.165) is 13.2 Å². The van der Waals surface area contributed by atoms with Gasteiger partial charge in [0.25, 0.3) is 6.43 Å². The molecule has 20 heavy (non-hydrogen) atoms. The van der Waals surface area contributed by atoms with Gasteiger partial charge >= 0.3 is 5.97 Å². The molecule has 1 aromatic heterocycles. The summed E-state index contributed by atoms with van der Waals surface area (Å²) in [7, 11) is 1.14. The number of carbonyl (C=O) groups is 1. The number of esters is 1. The predicted octanol–water partition coefficient (Wildman–Crippen LogP) is 2.73. The normalized spacial score (nSPS) is 12.1. The Kier molecular flexibility index (Phi) is 5.42. The molecule has 1 rings (SSSR count). The second-order valence-electron chi connectivity index (χ2n) is 4.07. The highest BCUT2D eigenvalue weighted by molar-refractivity contribution is 5.93. The first-order valence-electron chi connectivity index (χ1n) is 5.85. The smallest absolute Gasteiger partial charge is 0.358 e. The van der Waals surface area contributed by atoms with Crippen LogP contribution < -0.4 is 10.5 Å². The molecule has 110 valence electrons. The van der Waals surface area contributed by atoms with Crippen LogP contribution in [0.15, 0.2) is 18.7 Å². The molecule has 0 fully saturated rings. The number of nitrogens with two attached hydrogens (primary N) is 1. The van der Waals surface area contributed by atoms with Gasteiger partial charge in [-0.15, -0.1) is 6.58 Å². The molecule has 0 aliphatic heterocycles. The lowest BCUT2D eigenvalue weighted by atomic mass is 10.2. The Bertz CT molecular complexity index is 507. The van der Waals surface area contributed by atoms with Crippen molar-refractivity contribution in [2.45, 2.75) is 25.9 Å². The van der Waals surface area contributed by atoms with Crippen molar-refractivity contribution in [3.05, 3.63) is 30.0 Å². The third kappa shape index (κ3) is 3.66. The number of rotatable bonds is 6. The molecule has 0 bridgehead atoms. The second kappa shape index (κ2) is 6.83. The number of aromatic nitrogens is 1. The van der Waals surface area contributed by atoms with E-state index in [1.54, 1.807) is 13.0 Å². The molecule has 1 atom stereocenters. The number of carbonyl (C=O) groups excluding carboxylic acids is 1. The Labute approximate surface area is 115 Å². The molecule has 0 spiro atoms. The number of ether oxygens (including phenoxy) is 2. The van der Waals surface area contributed by atoms with Crippen LogP contribution in [-0.4, -0.2) is 24.2 Å². The summed E-state index contributed by atoms with van der Waals surface area (Å²) in [5.41, 5.74) is 4.62. The average Bonchev–Trinajstić information content (AvgIpc) is 2.39. The molecule has 0 radical (unpaired) electrons. The first-order chi connectivity index (χ1) is 9.40. The fourth-order valence-electron chi connectivity index (χ4n) is 1.51. The number of pyridine rings is 1. The molecule has 2 N–H and O–H groups in total.